The number of nitro groups is 1. The van der Waals surface area contributed by atoms with E-state index in [1.165, 1.54) is 61.3 Å². The molecule has 0 saturated carbocycles. The summed E-state index contributed by atoms with van der Waals surface area (Å²) in [5.74, 6) is -1.55. The molecule has 0 aliphatic heterocycles. The van der Waals surface area contributed by atoms with Gasteiger partial charge in [-0.25, -0.2) is 9.18 Å². The predicted molar refractivity (Wildman–Crippen MR) is 101 cm³/mol. The molecule has 8 heteroatoms. The van der Waals surface area contributed by atoms with E-state index in [9.17, 15) is 24.1 Å². The summed E-state index contributed by atoms with van der Waals surface area (Å²) in [6, 6.07) is 11.5. The summed E-state index contributed by atoms with van der Waals surface area (Å²) in [6.45, 7) is 1.62. The fraction of sp³-hybridized carbons (Fsp3) is 0.200. The Morgan fingerprint density at radius 1 is 1.25 bits per heavy atom. The van der Waals surface area contributed by atoms with Crippen LogP contribution in [0.15, 0.2) is 54.6 Å². The third kappa shape index (κ3) is 6.01. The van der Waals surface area contributed by atoms with Crippen molar-refractivity contribution in [2.45, 2.75) is 19.6 Å². The van der Waals surface area contributed by atoms with E-state index in [4.69, 9.17) is 4.74 Å². The molecule has 2 aromatic carbocycles. The smallest absolute Gasteiger partial charge is 0.331 e. The van der Waals surface area contributed by atoms with E-state index >= 15 is 0 Å². The molecule has 0 N–H and O–H groups in total. The van der Waals surface area contributed by atoms with Gasteiger partial charge in [-0.15, -0.1) is 0 Å². The average molecular weight is 386 g/mol. The van der Waals surface area contributed by atoms with Crippen LogP contribution in [-0.2, 0) is 20.9 Å². The number of carbonyl (C=O) groups is 2. The fourth-order valence-electron chi connectivity index (χ4n) is 2.43. The number of ether oxygens (including phenoxy) is 1. The first kappa shape index (κ1) is 20.8. The van der Waals surface area contributed by atoms with E-state index in [-0.39, 0.29) is 12.2 Å². The second-order valence-corrected chi connectivity index (χ2v) is 6.09. The van der Waals surface area contributed by atoms with Crippen molar-refractivity contribution in [3.63, 3.8) is 0 Å². The first-order valence-electron chi connectivity index (χ1n) is 8.39. The van der Waals surface area contributed by atoms with Crippen LogP contribution >= 0.6 is 0 Å². The molecule has 2 aromatic rings. The number of esters is 1. The highest BCUT2D eigenvalue weighted by atomic mass is 19.1. The minimum Gasteiger partial charge on any atom is -0.449 e. The van der Waals surface area contributed by atoms with Crippen LogP contribution in [0.5, 0.6) is 0 Å². The van der Waals surface area contributed by atoms with Gasteiger partial charge in [0.1, 0.15) is 5.82 Å². The van der Waals surface area contributed by atoms with Crippen molar-refractivity contribution in [2.24, 2.45) is 0 Å². The summed E-state index contributed by atoms with van der Waals surface area (Å²) < 4.78 is 18.3. The second-order valence-electron chi connectivity index (χ2n) is 6.09. The number of likely N-dealkylation sites (N-methyl/N-ethyl adjacent to an activating group) is 1. The zero-order valence-corrected chi connectivity index (χ0v) is 15.4. The molecule has 7 nitrogen and oxygen atoms in total. The van der Waals surface area contributed by atoms with E-state index < -0.39 is 28.7 Å². The summed E-state index contributed by atoms with van der Waals surface area (Å²) in [7, 11) is 1.53. The van der Waals surface area contributed by atoms with Gasteiger partial charge in [-0.05, 0) is 48.4 Å². The summed E-state index contributed by atoms with van der Waals surface area (Å²) in [5, 5.41) is 10.6. The fourth-order valence-corrected chi connectivity index (χ4v) is 2.43. The quantitative estimate of drug-likeness (QED) is 0.315. The van der Waals surface area contributed by atoms with Crippen molar-refractivity contribution in [1.82, 2.24) is 4.90 Å². The van der Waals surface area contributed by atoms with Crippen molar-refractivity contribution < 1.29 is 23.6 Å². The maximum absolute atomic E-state index is 13.2. The van der Waals surface area contributed by atoms with Gasteiger partial charge in [0.05, 0.1) is 4.92 Å². The van der Waals surface area contributed by atoms with E-state index in [0.717, 1.165) is 6.08 Å². The Kier molecular flexibility index (Phi) is 6.97. The number of benzene rings is 2. The Bertz CT molecular complexity index is 896. The van der Waals surface area contributed by atoms with Crippen molar-refractivity contribution >= 4 is 23.6 Å². The van der Waals surface area contributed by atoms with Crippen molar-refractivity contribution in [3.8, 4) is 0 Å². The summed E-state index contributed by atoms with van der Waals surface area (Å²) in [4.78, 5) is 35.6. The van der Waals surface area contributed by atoms with Gasteiger partial charge in [-0.2, -0.15) is 0 Å². The number of rotatable bonds is 7. The Balaban J connectivity index is 1.89. The van der Waals surface area contributed by atoms with Crippen LogP contribution in [0, 0.1) is 15.9 Å². The number of amides is 1. The van der Waals surface area contributed by atoms with Gasteiger partial charge in [0.25, 0.3) is 11.6 Å². The number of nitro benzene ring substituents is 1. The lowest BCUT2D eigenvalue weighted by molar-refractivity contribution is -0.384. The molecule has 0 aliphatic carbocycles. The minimum absolute atomic E-state index is 0.0553. The molecule has 1 atom stereocenters. The van der Waals surface area contributed by atoms with Gasteiger partial charge in [-0.1, -0.05) is 12.1 Å². The third-order valence-corrected chi connectivity index (χ3v) is 3.84. The van der Waals surface area contributed by atoms with E-state index in [0.29, 0.717) is 11.1 Å². The normalized spacial score (nSPS) is 11.8. The summed E-state index contributed by atoms with van der Waals surface area (Å²) in [5.41, 5.74) is 1.14. The largest absolute Gasteiger partial charge is 0.449 e. The molecule has 1 amide bonds. The molecule has 0 fully saturated rings. The Labute approximate surface area is 161 Å². The standard InChI is InChI=1S/C20H19FN2O5/c1-14(20(25)22(2)13-16-4-3-5-17(21)12-16)28-19(24)11-8-15-6-9-18(10-7-15)23(26)27/h3-12,14H,13H2,1-2H3/b11-8+/t14-/m0/s1. The number of hydrogen-bond acceptors (Lipinski definition) is 5. The second kappa shape index (κ2) is 9.40. The lowest BCUT2D eigenvalue weighted by Crippen LogP contribution is -2.36. The molecule has 2 rings (SSSR count). The third-order valence-electron chi connectivity index (χ3n) is 3.84. The van der Waals surface area contributed by atoms with E-state index in [2.05, 4.69) is 0 Å². The lowest BCUT2D eigenvalue weighted by Gasteiger charge is -2.21. The van der Waals surface area contributed by atoms with Crippen molar-refractivity contribution in [3.05, 3.63) is 81.7 Å². The van der Waals surface area contributed by atoms with Gasteiger partial charge >= 0.3 is 5.97 Å². The highest BCUT2D eigenvalue weighted by Crippen LogP contribution is 2.13. The van der Waals surface area contributed by atoms with Gasteiger partial charge in [0, 0.05) is 31.8 Å². The first-order chi connectivity index (χ1) is 13.3. The van der Waals surface area contributed by atoms with Crippen LogP contribution in [0.25, 0.3) is 6.08 Å². The molecular formula is C20H19FN2O5. The average Bonchev–Trinajstić information content (AvgIpc) is 2.66. The Hall–Kier alpha value is -3.55. The SMILES string of the molecule is C[C@H](OC(=O)/C=C/c1ccc([N+](=O)[O-])cc1)C(=O)N(C)Cc1cccc(F)c1. The van der Waals surface area contributed by atoms with Gasteiger partial charge in [0.15, 0.2) is 6.10 Å². The van der Waals surface area contributed by atoms with Crippen molar-refractivity contribution in [2.75, 3.05) is 7.05 Å². The first-order valence-corrected chi connectivity index (χ1v) is 8.39. The van der Waals surface area contributed by atoms with Crippen LogP contribution in [0.4, 0.5) is 10.1 Å². The molecular weight excluding hydrogens is 367 g/mol. The monoisotopic (exact) mass is 386 g/mol. The number of halogens is 1. The molecule has 28 heavy (non-hydrogen) atoms. The van der Waals surface area contributed by atoms with Gasteiger partial charge in [-0.3, -0.25) is 14.9 Å². The van der Waals surface area contributed by atoms with E-state index in [1.807, 2.05) is 0 Å². The Morgan fingerprint density at radius 3 is 2.54 bits per heavy atom. The molecule has 0 aromatic heterocycles. The van der Waals surface area contributed by atoms with Crippen LogP contribution < -0.4 is 0 Å². The van der Waals surface area contributed by atoms with Gasteiger partial charge < -0.3 is 9.64 Å². The van der Waals surface area contributed by atoms with Crippen LogP contribution in [0.1, 0.15) is 18.1 Å². The van der Waals surface area contributed by atoms with Crippen molar-refractivity contribution in [1.29, 1.82) is 0 Å². The number of nitrogens with zero attached hydrogens (tertiary/aromatic N) is 2. The number of non-ortho nitro benzene ring substituents is 1. The van der Waals surface area contributed by atoms with E-state index in [1.54, 1.807) is 12.1 Å². The zero-order valence-electron chi connectivity index (χ0n) is 15.4. The summed E-state index contributed by atoms with van der Waals surface area (Å²) >= 11 is 0. The molecule has 0 unspecified atom stereocenters. The molecule has 0 aliphatic rings. The molecule has 0 bridgehead atoms. The maximum atomic E-state index is 13.2. The number of hydrogen-bond donors (Lipinski definition) is 0. The number of carbonyl (C=O) groups excluding carboxylic acids is 2. The minimum atomic E-state index is -1.02. The van der Waals surface area contributed by atoms with Crippen LogP contribution in [0.3, 0.4) is 0 Å². The topological polar surface area (TPSA) is 89.7 Å². The highest BCUT2D eigenvalue weighted by molar-refractivity contribution is 5.90. The van der Waals surface area contributed by atoms with Crippen LogP contribution in [-0.4, -0.2) is 34.9 Å². The maximum Gasteiger partial charge on any atom is 0.331 e. The molecule has 146 valence electrons. The lowest BCUT2D eigenvalue weighted by atomic mass is 10.2. The Morgan fingerprint density at radius 2 is 1.93 bits per heavy atom. The zero-order chi connectivity index (χ0) is 20.7. The predicted octanol–water partition coefficient (Wildman–Crippen LogP) is 3.34. The molecule has 0 heterocycles. The molecule has 0 spiro atoms. The molecule has 0 saturated heterocycles. The highest BCUT2D eigenvalue weighted by Gasteiger charge is 2.20. The van der Waals surface area contributed by atoms with Gasteiger partial charge in [0.2, 0.25) is 0 Å². The van der Waals surface area contributed by atoms with Crippen LogP contribution in [0.2, 0.25) is 0 Å². The molecule has 0 radical (unpaired) electrons. The summed E-state index contributed by atoms with van der Waals surface area (Å²) in [6.07, 6.45) is 1.55.